The lowest BCUT2D eigenvalue weighted by Gasteiger charge is -2.15. The molecule has 0 aliphatic rings. The molecule has 0 spiro atoms. The molecule has 4 aromatic rings. The van der Waals surface area contributed by atoms with Crippen molar-refractivity contribution >= 4 is 31.7 Å². The van der Waals surface area contributed by atoms with Crippen molar-refractivity contribution in [2.24, 2.45) is 0 Å². The lowest BCUT2D eigenvalue weighted by Crippen LogP contribution is -2.09. The van der Waals surface area contributed by atoms with Gasteiger partial charge < -0.3 is 9.29 Å². The number of aromatic hydroxyl groups is 1. The Hall–Kier alpha value is -3.40. The number of hydrogen-bond donors (Lipinski definition) is 1. The van der Waals surface area contributed by atoms with E-state index in [1.165, 1.54) is 18.2 Å². The Labute approximate surface area is 172 Å². The zero-order valence-electron chi connectivity index (χ0n) is 15.5. The molecule has 0 fully saturated rings. The van der Waals surface area contributed by atoms with Gasteiger partial charge in [-0.05, 0) is 34.5 Å². The number of phenols is 1. The van der Waals surface area contributed by atoms with Gasteiger partial charge in [-0.2, -0.15) is 12.8 Å². The van der Waals surface area contributed by atoms with E-state index in [9.17, 15) is 31.1 Å². The molecule has 4 rings (SSSR count). The van der Waals surface area contributed by atoms with Crippen LogP contribution in [0.3, 0.4) is 0 Å². The molecule has 4 nitrogen and oxygen atoms in total. The highest BCUT2D eigenvalue weighted by Gasteiger charge is 2.29. The molecule has 0 amide bonds. The quantitative estimate of drug-likeness (QED) is 0.333. The molecule has 0 aliphatic heterocycles. The maximum Gasteiger partial charge on any atom is 0.306 e. The predicted molar refractivity (Wildman–Crippen MR) is 104 cm³/mol. The minimum absolute atomic E-state index is 0.113. The zero-order valence-corrected chi connectivity index (χ0v) is 16.3. The van der Waals surface area contributed by atoms with Crippen LogP contribution in [-0.2, 0) is 10.1 Å². The van der Waals surface area contributed by atoms with Gasteiger partial charge in [0.25, 0.3) is 0 Å². The van der Waals surface area contributed by atoms with Crippen molar-refractivity contribution in [3.05, 3.63) is 71.6 Å². The topological polar surface area (TPSA) is 63.6 Å². The number of rotatable bonds is 3. The minimum atomic E-state index is -4.40. The van der Waals surface area contributed by atoms with E-state index in [2.05, 4.69) is 4.18 Å². The normalized spacial score (nSPS) is 11.9. The molecule has 0 atom stereocenters. The number of phenolic OH excluding ortho intramolecular Hbond substituents is 1. The second kappa shape index (κ2) is 7.09. The van der Waals surface area contributed by atoms with Crippen LogP contribution < -0.4 is 4.18 Å². The fourth-order valence-electron chi connectivity index (χ4n) is 3.39. The third-order valence-electron chi connectivity index (χ3n) is 4.65. The predicted octanol–water partition coefficient (Wildman–Crippen LogP) is 5.40. The molecule has 0 heterocycles. The van der Waals surface area contributed by atoms with Crippen LogP contribution >= 0.6 is 0 Å². The average molecular weight is 454 g/mol. The van der Waals surface area contributed by atoms with Crippen LogP contribution in [0.25, 0.3) is 32.7 Å². The smallest absolute Gasteiger partial charge is 0.306 e. The maximum absolute atomic E-state index is 15.3. The summed E-state index contributed by atoms with van der Waals surface area (Å²) in [6.07, 6.45) is 0.512. The van der Waals surface area contributed by atoms with Gasteiger partial charge in [0.1, 0.15) is 17.5 Å². The minimum Gasteiger partial charge on any atom is -0.504 e. The average Bonchev–Trinajstić information content (AvgIpc) is 2.68. The first-order chi connectivity index (χ1) is 14.5. The summed E-state index contributed by atoms with van der Waals surface area (Å²) in [6.45, 7) is 0. The largest absolute Gasteiger partial charge is 0.504 e. The van der Waals surface area contributed by atoms with E-state index in [1.54, 1.807) is 6.07 Å². The highest BCUT2D eigenvalue weighted by atomic mass is 32.2. The Kier molecular flexibility index (Phi) is 4.77. The summed E-state index contributed by atoms with van der Waals surface area (Å²) in [5, 5.41) is 8.74. The molecule has 0 saturated heterocycles. The van der Waals surface area contributed by atoms with Crippen molar-refractivity contribution in [1.82, 2.24) is 0 Å². The third-order valence-corrected chi connectivity index (χ3v) is 5.12. The monoisotopic (exact) mass is 454 g/mol. The first-order valence-electron chi connectivity index (χ1n) is 8.59. The molecule has 0 aliphatic carbocycles. The van der Waals surface area contributed by atoms with Crippen molar-refractivity contribution in [3.8, 4) is 22.6 Å². The lowest BCUT2D eigenvalue weighted by atomic mass is 9.94. The lowest BCUT2D eigenvalue weighted by molar-refractivity contribution is 0.401. The molecule has 0 radical (unpaired) electrons. The van der Waals surface area contributed by atoms with Gasteiger partial charge in [-0.1, -0.05) is 24.3 Å². The highest BCUT2D eigenvalue weighted by molar-refractivity contribution is 7.86. The van der Waals surface area contributed by atoms with E-state index in [0.717, 1.165) is 12.1 Å². The van der Waals surface area contributed by atoms with E-state index < -0.39 is 67.0 Å². The molecule has 31 heavy (non-hydrogen) atoms. The zero-order chi connectivity index (χ0) is 22.7. The Morgan fingerprint density at radius 2 is 1.58 bits per heavy atom. The fraction of sp³-hybridized carbons (Fsp3) is 0.0476. The molecule has 0 saturated carbocycles. The standard InChI is InChI=1S/C21H11F5O4S/c1-31(28,29)30-21-19(26)18(25)16-13(20(21)27)8-14(23)15(17(16)24)11-4-2-3-9-5-6-10(22)7-12(9)11/h2-8,27H,1H3. The number of fused-ring (bicyclic) bond motifs is 2. The molecule has 0 aromatic heterocycles. The summed E-state index contributed by atoms with van der Waals surface area (Å²) in [6, 6.07) is 8.35. The van der Waals surface area contributed by atoms with Crippen molar-refractivity contribution in [3.63, 3.8) is 0 Å². The first kappa shape index (κ1) is 20.9. The van der Waals surface area contributed by atoms with E-state index in [0.29, 0.717) is 17.7 Å². The summed E-state index contributed by atoms with van der Waals surface area (Å²) in [7, 11) is -4.40. The van der Waals surface area contributed by atoms with Gasteiger partial charge in [-0.25, -0.2) is 17.6 Å². The van der Waals surface area contributed by atoms with Gasteiger partial charge in [0.05, 0.1) is 17.2 Å². The van der Waals surface area contributed by atoms with Gasteiger partial charge in [-0.15, -0.1) is 0 Å². The van der Waals surface area contributed by atoms with Crippen LogP contribution in [0.4, 0.5) is 22.0 Å². The fourth-order valence-corrected chi connectivity index (χ4v) is 3.85. The van der Waals surface area contributed by atoms with Crippen LogP contribution in [0.2, 0.25) is 0 Å². The Balaban J connectivity index is 2.11. The van der Waals surface area contributed by atoms with E-state index in [1.807, 2.05) is 0 Å². The van der Waals surface area contributed by atoms with E-state index in [4.69, 9.17) is 0 Å². The molecule has 0 bridgehead atoms. The van der Waals surface area contributed by atoms with E-state index >= 15 is 4.39 Å². The summed E-state index contributed by atoms with van der Waals surface area (Å²) in [4.78, 5) is 0. The van der Waals surface area contributed by atoms with Gasteiger partial charge in [0.2, 0.25) is 11.6 Å². The van der Waals surface area contributed by atoms with Crippen LogP contribution in [0, 0.1) is 29.1 Å². The molecule has 10 heteroatoms. The van der Waals surface area contributed by atoms with Crippen LogP contribution in [0.1, 0.15) is 0 Å². The van der Waals surface area contributed by atoms with Crippen molar-refractivity contribution in [1.29, 1.82) is 0 Å². The second-order valence-electron chi connectivity index (χ2n) is 6.73. The van der Waals surface area contributed by atoms with Gasteiger partial charge in [-0.3, -0.25) is 0 Å². The van der Waals surface area contributed by atoms with Crippen LogP contribution in [0.5, 0.6) is 11.5 Å². The molecular formula is C21H11F5O4S. The third kappa shape index (κ3) is 3.42. The number of hydrogen-bond acceptors (Lipinski definition) is 4. The number of halogens is 5. The first-order valence-corrected chi connectivity index (χ1v) is 10.4. The second-order valence-corrected chi connectivity index (χ2v) is 8.31. The van der Waals surface area contributed by atoms with Crippen LogP contribution in [0.15, 0.2) is 42.5 Å². The Morgan fingerprint density at radius 1 is 0.871 bits per heavy atom. The molecule has 0 unspecified atom stereocenters. The maximum atomic E-state index is 15.3. The Bertz CT molecular complexity index is 1500. The van der Waals surface area contributed by atoms with Crippen molar-refractivity contribution in [2.45, 2.75) is 0 Å². The summed E-state index contributed by atoms with van der Waals surface area (Å²) >= 11 is 0. The molecular weight excluding hydrogens is 443 g/mol. The SMILES string of the molecule is CS(=O)(=O)Oc1c(F)c(F)c2c(F)c(-c3cccc4ccc(F)cc34)c(F)cc2c1O. The molecule has 160 valence electrons. The highest BCUT2D eigenvalue weighted by Crippen LogP contribution is 2.44. The van der Waals surface area contributed by atoms with Crippen molar-refractivity contribution in [2.75, 3.05) is 6.26 Å². The van der Waals surface area contributed by atoms with Gasteiger partial charge >= 0.3 is 10.1 Å². The summed E-state index contributed by atoms with van der Waals surface area (Å²) < 4.78 is 99.9. The van der Waals surface area contributed by atoms with Crippen LogP contribution in [-0.4, -0.2) is 19.8 Å². The number of benzene rings is 4. The van der Waals surface area contributed by atoms with Crippen molar-refractivity contribution < 1.29 is 39.7 Å². The van der Waals surface area contributed by atoms with E-state index in [-0.39, 0.29) is 10.9 Å². The summed E-state index contributed by atoms with van der Waals surface area (Å²) in [5.41, 5.74) is -0.914. The Morgan fingerprint density at radius 3 is 2.26 bits per heavy atom. The summed E-state index contributed by atoms with van der Waals surface area (Å²) in [5.74, 6) is -10.1. The molecule has 4 aromatic carbocycles. The molecule has 1 N–H and O–H groups in total. The van der Waals surface area contributed by atoms with Gasteiger partial charge in [0.15, 0.2) is 11.6 Å². The van der Waals surface area contributed by atoms with Gasteiger partial charge in [0, 0.05) is 5.39 Å².